The number of anilines is 1. The van der Waals surface area contributed by atoms with Crippen LogP contribution in [0.3, 0.4) is 0 Å². The van der Waals surface area contributed by atoms with E-state index < -0.39 is 28.7 Å². The molecule has 3 rings (SSSR count). The van der Waals surface area contributed by atoms with Crippen molar-refractivity contribution in [1.82, 2.24) is 14.5 Å². The van der Waals surface area contributed by atoms with Crippen molar-refractivity contribution in [3.8, 4) is 0 Å². The number of hydrogen-bond acceptors (Lipinski definition) is 4. The van der Waals surface area contributed by atoms with Gasteiger partial charge in [0.05, 0.1) is 5.69 Å². The van der Waals surface area contributed by atoms with Crippen molar-refractivity contribution in [2.75, 3.05) is 24.9 Å². The highest BCUT2D eigenvalue weighted by Crippen LogP contribution is 2.28. The molecule has 8 nitrogen and oxygen atoms in total. The first-order valence-electron chi connectivity index (χ1n) is 13.2. The van der Waals surface area contributed by atoms with Crippen LogP contribution in [0.25, 0.3) is 0 Å². The van der Waals surface area contributed by atoms with Gasteiger partial charge in [-0.05, 0) is 68.0 Å². The van der Waals surface area contributed by atoms with E-state index in [1.54, 1.807) is 31.2 Å². The number of aryl methyl sites for hydroxylation is 2. The molecule has 2 aromatic rings. The molecule has 1 fully saturated rings. The maximum atomic E-state index is 14.1. The molecule has 1 atom stereocenters. The lowest BCUT2D eigenvalue weighted by Crippen LogP contribution is -2.54. The van der Waals surface area contributed by atoms with Gasteiger partial charge in [0, 0.05) is 36.7 Å². The predicted molar refractivity (Wildman–Crippen MR) is 157 cm³/mol. The van der Waals surface area contributed by atoms with E-state index in [9.17, 15) is 18.0 Å². The number of carbonyl (C=O) groups is 2. The molecule has 2 aromatic carbocycles. The van der Waals surface area contributed by atoms with Crippen LogP contribution in [0.5, 0.6) is 0 Å². The van der Waals surface area contributed by atoms with Crippen LogP contribution in [-0.2, 0) is 26.3 Å². The van der Waals surface area contributed by atoms with Gasteiger partial charge in [-0.25, -0.2) is 4.31 Å². The van der Waals surface area contributed by atoms with Gasteiger partial charge in [-0.3, -0.25) is 9.59 Å². The zero-order chi connectivity index (χ0) is 28.9. The smallest absolute Gasteiger partial charge is 0.304 e. The second kappa shape index (κ2) is 13.4. The lowest BCUT2D eigenvalue weighted by atomic mass is 10.1. The molecule has 1 N–H and O–H groups in total. The van der Waals surface area contributed by atoms with Crippen LogP contribution in [0.15, 0.2) is 36.4 Å². The van der Waals surface area contributed by atoms with Crippen LogP contribution < -0.4 is 9.62 Å². The van der Waals surface area contributed by atoms with E-state index in [1.807, 2.05) is 26.0 Å². The molecule has 0 spiro atoms. The molecule has 0 radical (unpaired) electrons. The summed E-state index contributed by atoms with van der Waals surface area (Å²) in [6.45, 7) is 5.03. The van der Waals surface area contributed by atoms with Crippen LogP contribution >= 0.6 is 23.2 Å². The van der Waals surface area contributed by atoms with Crippen molar-refractivity contribution in [1.29, 1.82) is 0 Å². The summed E-state index contributed by atoms with van der Waals surface area (Å²) in [5.41, 5.74) is 2.58. The Morgan fingerprint density at radius 3 is 2.31 bits per heavy atom. The van der Waals surface area contributed by atoms with E-state index in [2.05, 4.69) is 5.32 Å². The van der Waals surface area contributed by atoms with E-state index in [4.69, 9.17) is 23.2 Å². The molecule has 39 heavy (non-hydrogen) atoms. The van der Waals surface area contributed by atoms with Crippen LogP contribution in [0.4, 0.5) is 5.69 Å². The van der Waals surface area contributed by atoms with Crippen molar-refractivity contribution in [3.63, 3.8) is 0 Å². The van der Waals surface area contributed by atoms with Crippen LogP contribution in [0, 0.1) is 13.8 Å². The van der Waals surface area contributed by atoms with Gasteiger partial charge in [0.2, 0.25) is 11.8 Å². The van der Waals surface area contributed by atoms with Gasteiger partial charge in [0.25, 0.3) is 0 Å². The minimum absolute atomic E-state index is 0.0219. The molecule has 0 saturated heterocycles. The number of halogens is 2. The SMILES string of the molecule is CCC(C(=O)NC1CCCC1)N(Cc1ccc(Cl)cc1Cl)C(=O)CN(c1cc(C)ccc1C)S(=O)(=O)N(C)C. The standard InChI is InChI=1S/C28H38Cl2N4O4S/c1-6-25(28(36)31-23-9-7-8-10-23)33(17-21-13-14-22(29)16-24(21)30)27(35)18-34(39(37,38)32(4)5)26-15-19(2)11-12-20(26)3/h11-16,23,25H,6-10,17-18H2,1-5H3,(H,31,36). The lowest BCUT2D eigenvalue weighted by molar-refractivity contribution is -0.140. The van der Waals surface area contributed by atoms with Gasteiger partial charge in [0.1, 0.15) is 12.6 Å². The number of benzene rings is 2. The summed E-state index contributed by atoms with van der Waals surface area (Å²) in [4.78, 5) is 29.0. The molecule has 0 heterocycles. The predicted octanol–water partition coefficient (Wildman–Crippen LogP) is 5.09. The van der Waals surface area contributed by atoms with Gasteiger partial charge in [-0.15, -0.1) is 0 Å². The maximum Gasteiger partial charge on any atom is 0.304 e. The normalized spacial score (nSPS) is 14.9. The lowest BCUT2D eigenvalue weighted by Gasteiger charge is -2.35. The van der Waals surface area contributed by atoms with Crippen molar-refractivity contribution in [2.45, 2.75) is 71.5 Å². The van der Waals surface area contributed by atoms with E-state index in [0.717, 1.165) is 39.9 Å². The molecule has 1 saturated carbocycles. The summed E-state index contributed by atoms with van der Waals surface area (Å²) < 4.78 is 29.1. The molecule has 11 heteroatoms. The van der Waals surface area contributed by atoms with Crippen LogP contribution in [-0.4, -0.2) is 62.2 Å². The van der Waals surface area contributed by atoms with Crippen molar-refractivity contribution >= 4 is 50.9 Å². The van der Waals surface area contributed by atoms with Gasteiger partial charge in [-0.1, -0.05) is 61.2 Å². The van der Waals surface area contributed by atoms with E-state index >= 15 is 0 Å². The molecule has 0 bridgehead atoms. The molecule has 0 aliphatic heterocycles. The van der Waals surface area contributed by atoms with E-state index in [0.29, 0.717) is 33.3 Å². The summed E-state index contributed by atoms with van der Waals surface area (Å²) in [6, 6.07) is 9.68. The second-order valence-electron chi connectivity index (χ2n) is 10.3. The third-order valence-corrected chi connectivity index (χ3v) is 9.49. The molecule has 214 valence electrons. The maximum absolute atomic E-state index is 14.1. The fourth-order valence-corrected chi connectivity index (χ4v) is 6.39. The van der Waals surface area contributed by atoms with Crippen molar-refractivity contribution in [3.05, 3.63) is 63.1 Å². The summed E-state index contributed by atoms with van der Waals surface area (Å²) in [5.74, 6) is -0.766. The molecular formula is C28H38Cl2N4O4S. The van der Waals surface area contributed by atoms with Gasteiger partial charge >= 0.3 is 10.2 Å². The number of amides is 2. The van der Waals surface area contributed by atoms with E-state index in [1.165, 1.54) is 19.0 Å². The molecule has 2 amide bonds. The number of carbonyl (C=O) groups excluding carboxylic acids is 2. The Labute approximate surface area is 242 Å². The summed E-state index contributed by atoms with van der Waals surface area (Å²) >= 11 is 12.5. The first-order valence-corrected chi connectivity index (χ1v) is 15.3. The summed E-state index contributed by atoms with van der Waals surface area (Å²) in [6.07, 6.45) is 4.26. The highest BCUT2D eigenvalue weighted by Gasteiger charge is 2.35. The molecule has 0 aromatic heterocycles. The van der Waals surface area contributed by atoms with E-state index in [-0.39, 0.29) is 18.5 Å². The Morgan fingerprint density at radius 2 is 1.72 bits per heavy atom. The Bertz CT molecular complexity index is 1300. The first-order chi connectivity index (χ1) is 18.3. The Morgan fingerprint density at radius 1 is 1.05 bits per heavy atom. The monoisotopic (exact) mass is 596 g/mol. The number of nitrogens with one attached hydrogen (secondary N) is 1. The molecule has 1 unspecified atom stereocenters. The molecule has 1 aliphatic rings. The average molecular weight is 598 g/mol. The fourth-order valence-electron chi connectivity index (χ4n) is 4.81. The topological polar surface area (TPSA) is 90.0 Å². The largest absolute Gasteiger partial charge is 0.352 e. The third kappa shape index (κ3) is 7.66. The molecule has 1 aliphatic carbocycles. The molecular weight excluding hydrogens is 559 g/mol. The minimum atomic E-state index is -4.04. The van der Waals surface area contributed by atoms with Gasteiger partial charge in [-0.2, -0.15) is 12.7 Å². The first kappa shape index (κ1) is 31.2. The van der Waals surface area contributed by atoms with Gasteiger partial charge < -0.3 is 10.2 Å². The second-order valence-corrected chi connectivity index (χ2v) is 13.2. The Kier molecular flexibility index (Phi) is 10.7. The number of rotatable bonds is 11. The number of nitrogens with zero attached hydrogens (tertiary/aromatic N) is 3. The summed E-state index contributed by atoms with van der Waals surface area (Å²) in [7, 11) is -1.20. The zero-order valence-corrected chi connectivity index (χ0v) is 25.5. The summed E-state index contributed by atoms with van der Waals surface area (Å²) in [5, 5.41) is 3.91. The Balaban J connectivity index is 2.03. The van der Waals surface area contributed by atoms with Crippen LogP contribution in [0.1, 0.15) is 55.7 Å². The van der Waals surface area contributed by atoms with Gasteiger partial charge in [0.15, 0.2) is 0 Å². The Hall–Kier alpha value is -2.33. The zero-order valence-electron chi connectivity index (χ0n) is 23.2. The third-order valence-electron chi connectivity index (χ3n) is 7.10. The average Bonchev–Trinajstić information content (AvgIpc) is 3.38. The van der Waals surface area contributed by atoms with Crippen molar-refractivity contribution < 1.29 is 18.0 Å². The quantitative estimate of drug-likeness (QED) is 0.391. The fraction of sp³-hybridized carbons (Fsp3) is 0.500. The highest BCUT2D eigenvalue weighted by atomic mass is 35.5. The number of hydrogen-bond donors (Lipinski definition) is 1. The van der Waals surface area contributed by atoms with Crippen LogP contribution in [0.2, 0.25) is 10.0 Å². The minimum Gasteiger partial charge on any atom is -0.352 e. The van der Waals surface area contributed by atoms with Crippen molar-refractivity contribution in [2.24, 2.45) is 0 Å². The highest BCUT2D eigenvalue weighted by molar-refractivity contribution is 7.90.